The van der Waals surface area contributed by atoms with Gasteiger partial charge in [0.1, 0.15) is 11.1 Å². The Morgan fingerprint density at radius 1 is 1.42 bits per heavy atom. The van der Waals surface area contributed by atoms with Crippen LogP contribution in [0.4, 0.5) is 13.2 Å². The SMILES string of the molecule is COCC1(C(=O)O)CCCN(C(=O)c2ccc(C(F)(F)F)cn2)C1. The van der Waals surface area contributed by atoms with Gasteiger partial charge in [-0.1, -0.05) is 0 Å². The number of alkyl halides is 3. The molecule has 2 rings (SSSR count). The van der Waals surface area contributed by atoms with Gasteiger partial charge in [-0.25, -0.2) is 0 Å². The number of rotatable bonds is 4. The van der Waals surface area contributed by atoms with E-state index >= 15 is 0 Å². The summed E-state index contributed by atoms with van der Waals surface area (Å²) in [4.78, 5) is 28.9. The largest absolute Gasteiger partial charge is 0.481 e. The molecule has 1 saturated heterocycles. The van der Waals surface area contributed by atoms with E-state index in [1.54, 1.807) is 0 Å². The number of carboxylic acids is 1. The number of pyridine rings is 1. The van der Waals surface area contributed by atoms with E-state index in [9.17, 15) is 27.9 Å². The quantitative estimate of drug-likeness (QED) is 0.903. The Morgan fingerprint density at radius 2 is 2.12 bits per heavy atom. The second kappa shape index (κ2) is 6.76. The Balaban J connectivity index is 2.18. The molecule has 0 saturated carbocycles. The van der Waals surface area contributed by atoms with Gasteiger partial charge >= 0.3 is 12.1 Å². The van der Waals surface area contributed by atoms with E-state index in [0.29, 0.717) is 25.6 Å². The highest BCUT2D eigenvalue weighted by Gasteiger charge is 2.44. The summed E-state index contributed by atoms with van der Waals surface area (Å²) in [5.41, 5.74) is -2.31. The number of nitrogens with zero attached hydrogens (tertiary/aromatic N) is 2. The van der Waals surface area contributed by atoms with E-state index in [1.165, 1.54) is 12.0 Å². The van der Waals surface area contributed by atoms with E-state index in [2.05, 4.69) is 4.98 Å². The average Bonchev–Trinajstić information content (AvgIpc) is 2.54. The molecule has 1 amide bonds. The highest BCUT2D eigenvalue weighted by Crippen LogP contribution is 2.32. The van der Waals surface area contributed by atoms with Crippen LogP contribution >= 0.6 is 0 Å². The summed E-state index contributed by atoms with van der Waals surface area (Å²) in [6, 6.07) is 1.78. The number of carbonyl (C=O) groups is 2. The van der Waals surface area contributed by atoms with Crippen molar-refractivity contribution >= 4 is 11.9 Å². The van der Waals surface area contributed by atoms with E-state index in [-0.39, 0.29) is 18.8 Å². The predicted octanol–water partition coefficient (Wildman–Crippen LogP) is 2.05. The van der Waals surface area contributed by atoms with Crippen LogP contribution in [-0.2, 0) is 15.7 Å². The van der Waals surface area contributed by atoms with E-state index in [0.717, 1.165) is 12.1 Å². The van der Waals surface area contributed by atoms with E-state index in [1.807, 2.05) is 0 Å². The van der Waals surface area contributed by atoms with E-state index in [4.69, 9.17) is 4.74 Å². The number of ether oxygens (including phenoxy) is 1. The first-order valence-electron chi connectivity index (χ1n) is 7.24. The molecule has 24 heavy (non-hydrogen) atoms. The topological polar surface area (TPSA) is 79.7 Å². The Morgan fingerprint density at radius 3 is 2.62 bits per heavy atom. The van der Waals surface area contributed by atoms with Gasteiger partial charge in [-0.05, 0) is 25.0 Å². The molecule has 1 aromatic rings. The zero-order valence-electron chi connectivity index (χ0n) is 13.0. The smallest absolute Gasteiger partial charge is 0.417 e. The number of carboxylic acid groups (broad SMARTS) is 1. The van der Waals surface area contributed by atoms with Crippen LogP contribution in [0.15, 0.2) is 18.3 Å². The minimum absolute atomic E-state index is 0.0491. The van der Waals surface area contributed by atoms with Crippen LogP contribution in [0.1, 0.15) is 28.9 Å². The first kappa shape index (κ1) is 18.2. The number of hydrogen-bond acceptors (Lipinski definition) is 4. The molecule has 9 heteroatoms. The third-order valence-electron chi connectivity index (χ3n) is 4.05. The fourth-order valence-corrected chi connectivity index (χ4v) is 2.79. The number of carbonyl (C=O) groups excluding carboxylic acids is 1. The van der Waals surface area contributed by atoms with Crippen molar-refractivity contribution < 1.29 is 32.6 Å². The van der Waals surface area contributed by atoms with Crippen molar-refractivity contribution in [3.05, 3.63) is 29.6 Å². The summed E-state index contributed by atoms with van der Waals surface area (Å²) in [5.74, 6) is -1.66. The lowest BCUT2D eigenvalue weighted by Crippen LogP contribution is -2.52. The van der Waals surface area contributed by atoms with Crippen molar-refractivity contribution in [2.24, 2.45) is 5.41 Å². The molecule has 0 spiro atoms. The summed E-state index contributed by atoms with van der Waals surface area (Å²) in [6.45, 7) is 0.199. The van der Waals surface area contributed by atoms with Crippen molar-refractivity contribution in [1.29, 1.82) is 0 Å². The fourth-order valence-electron chi connectivity index (χ4n) is 2.79. The van der Waals surface area contributed by atoms with Crippen molar-refractivity contribution in [3.8, 4) is 0 Å². The zero-order valence-corrected chi connectivity index (χ0v) is 13.0. The third-order valence-corrected chi connectivity index (χ3v) is 4.05. The number of hydrogen-bond donors (Lipinski definition) is 1. The van der Waals surface area contributed by atoms with Gasteiger partial charge < -0.3 is 14.7 Å². The van der Waals surface area contributed by atoms with Crippen LogP contribution in [0.5, 0.6) is 0 Å². The predicted molar refractivity (Wildman–Crippen MR) is 76.3 cm³/mol. The zero-order chi connectivity index (χ0) is 18.0. The Bertz CT molecular complexity index is 614. The van der Waals surface area contributed by atoms with Gasteiger partial charge in [0.2, 0.25) is 0 Å². The highest BCUT2D eigenvalue weighted by atomic mass is 19.4. The van der Waals surface area contributed by atoms with Crippen LogP contribution in [0.3, 0.4) is 0 Å². The first-order chi connectivity index (χ1) is 11.2. The summed E-state index contributed by atoms with van der Waals surface area (Å²) in [5, 5.41) is 9.46. The summed E-state index contributed by atoms with van der Waals surface area (Å²) in [6.07, 6.45) is -3.12. The molecule has 0 aromatic carbocycles. The van der Waals surface area contributed by atoms with Gasteiger partial charge in [-0.15, -0.1) is 0 Å². The molecule has 1 N–H and O–H groups in total. The summed E-state index contributed by atoms with van der Waals surface area (Å²) >= 11 is 0. The minimum atomic E-state index is -4.53. The van der Waals surface area contributed by atoms with Gasteiger partial charge in [0, 0.05) is 26.4 Å². The van der Waals surface area contributed by atoms with Gasteiger partial charge in [-0.3, -0.25) is 14.6 Å². The molecule has 1 unspecified atom stereocenters. The maximum atomic E-state index is 12.5. The van der Waals surface area contributed by atoms with Gasteiger partial charge in [-0.2, -0.15) is 13.2 Å². The molecule has 1 aliphatic heterocycles. The molecule has 6 nitrogen and oxygen atoms in total. The molecule has 1 aliphatic rings. The number of halogens is 3. The van der Waals surface area contributed by atoms with Crippen LogP contribution in [-0.4, -0.2) is 53.7 Å². The molecule has 132 valence electrons. The van der Waals surface area contributed by atoms with Crippen molar-refractivity contribution in [3.63, 3.8) is 0 Å². The Kier molecular flexibility index (Phi) is 5.12. The average molecular weight is 346 g/mol. The lowest BCUT2D eigenvalue weighted by atomic mass is 9.80. The van der Waals surface area contributed by atoms with Crippen molar-refractivity contribution in [1.82, 2.24) is 9.88 Å². The Hall–Kier alpha value is -2.16. The third kappa shape index (κ3) is 3.66. The van der Waals surface area contributed by atoms with Crippen LogP contribution in [0.2, 0.25) is 0 Å². The van der Waals surface area contributed by atoms with Gasteiger partial charge in [0.05, 0.1) is 12.2 Å². The molecule has 0 radical (unpaired) electrons. The molecule has 2 heterocycles. The summed E-state index contributed by atoms with van der Waals surface area (Å²) in [7, 11) is 1.38. The number of piperidine rings is 1. The number of likely N-dealkylation sites (tertiary alicyclic amines) is 1. The van der Waals surface area contributed by atoms with Gasteiger partial charge in [0.25, 0.3) is 5.91 Å². The number of aromatic nitrogens is 1. The monoisotopic (exact) mass is 346 g/mol. The highest BCUT2D eigenvalue weighted by molar-refractivity contribution is 5.93. The molecule has 1 aromatic heterocycles. The van der Waals surface area contributed by atoms with Crippen LogP contribution in [0, 0.1) is 5.41 Å². The molecular formula is C15H17F3N2O4. The maximum absolute atomic E-state index is 12.5. The van der Waals surface area contributed by atoms with Crippen molar-refractivity contribution in [2.45, 2.75) is 19.0 Å². The second-order valence-corrected chi connectivity index (χ2v) is 5.78. The first-order valence-corrected chi connectivity index (χ1v) is 7.24. The number of aliphatic carboxylic acids is 1. The van der Waals surface area contributed by atoms with Crippen LogP contribution in [0.25, 0.3) is 0 Å². The summed E-state index contributed by atoms with van der Waals surface area (Å²) < 4.78 is 42.6. The molecule has 1 fully saturated rings. The molecule has 0 bridgehead atoms. The minimum Gasteiger partial charge on any atom is -0.481 e. The normalized spacial score (nSPS) is 21.6. The molecule has 1 atom stereocenters. The second-order valence-electron chi connectivity index (χ2n) is 5.78. The fraction of sp³-hybridized carbons (Fsp3) is 0.533. The van der Waals surface area contributed by atoms with Crippen LogP contribution < -0.4 is 0 Å². The lowest BCUT2D eigenvalue weighted by molar-refractivity contribution is -0.155. The standard InChI is InChI=1S/C15H17F3N2O4/c1-24-9-14(13(22)23)5-2-6-20(8-14)12(21)11-4-3-10(7-19-11)15(16,17)18/h3-4,7H,2,5-6,8-9H2,1H3,(H,22,23). The van der Waals surface area contributed by atoms with Gasteiger partial charge in [0.15, 0.2) is 0 Å². The Labute approximate surface area is 136 Å². The van der Waals surface area contributed by atoms with E-state index < -0.39 is 29.0 Å². The number of amides is 1. The lowest BCUT2D eigenvalue weighted by Gasteiger charge is -2.39. The maximum Gasteiger partial charge on any atom is 0.417 e. The molecular weight excluding hydrogens is 329 g/mol. The number of methoxy groups -OCH3 is 1. The molecule has 0 aliphatic carbocycles. The van der Waals surface area contributed by atoms with Crippen molar-refractivity contribution in [2.75, 3.05) is 26.8 Å².